The van der Waals surface area contributed by atoms with Crippen molar-refractivity contribution >= 4 is 48.9 Å². The van der Waals surface area contributed by atoms with E-state index in [9.17, 15) is 16.8 Å². The lowest BCUT2D eigenvalue weighted by molar-refractivity contribution is 0.587. The lowest BCUT2D eigenvalue weighted by Crippen LogP contribution is -2.29. The van der Waals surface area contributed by atoms with Gasteiger partial charge in [-0.3, -0.25) is 4.31 Å². The van der Waals surface area contributed by atoms with E-state index < -0.39 is 20.0 Å². The van der Waals surface area contributed by atoms with Crippen LogP contribution in [0.25, 0.3) is 0 Å². The zero-order chi connectivity index (χ0) is 18.4. The highest BCUT2D eigenvalue weighted by Crippen LogP contribution is 2.35. The van der Waals surface area contributed by atoms with Crippen LogP contribution < -0.4 is 9.03 Å². The first-order valence-corrected chi connectivity index (χ1v) is 10.9. The van der Waals surface area contributed by atoms with E-state index in [0.29, 0.717) is 17.7 Å². The molecular weight excluding hydrogens is 407 g/mol. The molecule has 0 atom stereocenters. The Morgan fingerprint density at radius 2 is 1.60 bits per heavy atom. The van der Waals surface area contributed by atoms with Crippen molar-refractivity contribution in [1.29, 1.82) is 0 Å². The SMILES string of the molecule is CNS(=O)(=O)c1ccc2c(c1)CCN2S(=O)(=O)c1cc(Cl)cc(Cl)c1. The van der Waals surface area contributed by atoms with Crippen LogP contribution in [0.15, 0.2) is 46.2 Å². The Morgan fingerprint density at radius 1 is 0.960 bits per heavy atom. The van der Waals surface area contributed by atoms with Crippen molar-refractivity contribution in [2.75, 3.05) is 17.9 Å². The van der Waals surface area contributed by atoms with Gasteiger partial charge >= 0.3 is 0 Å². The summed E-state index contributed by atoms with van der Waals surface area (Å²) in [6, 6.07) is 8.48. The third-order valence-corrected chi connectivity index (χ3v) is 7.55. The standard InChI is InChI=1S/C15H14Cl2N2O4S2/c1-18-24(20,21)13-2-3-15-10(6-13)4-5-19(15)25(22,23)14-8-11(16)7-12(17)9-14/h2-3,6-9,18H,4-5H2,1H3. The van der Waals surface area contributed by atoms with Gasteiger partial charge < -0.3 is 0 Å². The molecule has 0 aliphatic carbocycles. The summed E-state index contributed by atoms with van der Waals surface area (Å²) in [6.07, 6.45) is 0.413. The van der Waals surface area contributed by atoms with Gasteiger partial charge in [-0.1, -0.05) is 23.2 Å². The van der Waals surface area contributed by atoms with Crippen LogP contribution in [-0.2, 0) is 26.5 Å². The third kappa shape index (κ3) is 3.37. The highest BCUT2D eigenvalue weighted by Gasteiger charge is 2.32. The molecule has 2 aromatic rings. The van der Waals surface area contributed by atoms with E-state index in [-0.39, 0.29) is 26.4 Å². The molecule has 10 heteroatoms. The molecule has 3 rings (SSSR count). The summed E-state index contributed by atoms with van der Waals surface area (Å²) in [5, 5.41) is 0.446. The predicted molar refractivity (Wildman–Crippen MR) is 97.4 cm³/mol. The summed E-state index contributed by atoms with van der Waals surface area (Å²) in [7, 11) is -6.12. The highest BCUT2D eigenvalue weighted by atomic mass is 35.5. The van der Waals surface area contributed by atoms with Gasteiger partial charge in [-0.15, -0.1) is 0 Å². The summed E-state index contributed by atoms with van der Waals surface area (Å²) in [5.74, 6) is 0. The van der Waals surface area contributed by atoms with Crippen LogP contribution in [0.5, 0.6) is 0 Å². The van der Waals surface area contributed by atoms with Crippen molar-refractivity contribution in [1.82, 2.24) is 4.72 Å². The number of nitrogens with zero attached hydrogens (tertiary/aromatic N) is 1. The first-order valence-electron chi connectivity index (χ1n) is 7.20. The molecule has 0 radical (unpaired) electrons. The fourth-order valence-electron chi connectivity index (χ4n) is 2.69. The van der Waals surface area contributed by atoms with Crippen LogP contribution in [0.2, 0.25) is 10.0 Å². The summed E-state index contributed by atoms with van der Waals surface area (Å²) in [5.41, 5.74) is 1.10. The summed E-state index contributed by atoms with van der Waals surface area (Å²) in [4.78, 5) is 0.0866. The van der Waals surface area contributed by atoms with Crippen molar-refractivity contribution in [2.45, 2.75) is 16.2 Å². The zero-order valence-corrected chi connectivity index (χ0v) is 16.2. The molecule has 6 nitrogen and oxygen atoms in total. The molecule has 0 spiro atoms. The van der Waals surface area contributed by atoms with E-state index in [1.807, 2.05) is 0 Å². The number of benzene rings is 2. The molecule has 0 unspecified atom stereocenters. The number of halogens is 2. The number of fused-ring (bicyclic) bond motifs is 1. The van der Waals surface area contributed by atoms with Gasteiger partial charge in [-0.25, -0.2) is 21.6 Å². The average molecular weight is 421 g/mol. The lowest BCUT2D eigenvalue weighted by atomic mass is 10.2. The molecule has 2 aromatic carbocycles. The number of hydrogen-bond acceptors (Lipinski definition) is 4. The molecule has 1 N–H and O–H groups in total. The zero-order valence-electron chi connectivity index (χ0n) is 13.0. The van der Waals surface area contributed by atoms with Crippen LogP contribution in [-0.4, -0.2) is 30.4 Å². The summed E-state index contributed by atoms with van der Waals surface area (Å²) in [6.45, 7) is 0.213. The first kappa shape index (κ1) is 18.5. The van der Waals surface area contributed by atoms with E-state index in [4.69, 9.17) is 23.2 Å². The minimum absolute atomic E-state index is 0.00947. The minimum atomic E-state index is -3.85. The summed E-state index contributed by atoms with van der Waals surface area (Å²) < 4.78 is 53.1. The molecule has 0 bridgehead atoms. The van der Waals surface area contributed by atoms with Crippen LogP contribution in [0.1, 0.15) is 5.56 Å². The predicted octanol–water partition coefficient (Wildman–Crippen LogP) is 2.65. The Morgan fingerprint density at radius 3 is 2.20 bits per heavy atom. The van der Waals surface area contributed by atoms with E-state index in [1.54, 1.807) is 0 Å². The normalized spacial score (nSPS) is 14.6. The van der Waals surface area contributed by atoms with Crippen molar-refractivity contribution in [2.24, 2.45) is 0 Å². The molecule has 0 saturated carbocycles. The second-order valence-corrected chi connectivity index (χ2v) is 10.1. The molecule has 1 aliphatic rings. The van der Waals surface area contributed by atoms with Crippen LogP contribution in [0.4, 0.5) is 5.69 Å². The van der Waals surface area contributed by atoms with Gasteiger partial charge in [0.05, 0.1) is 15.5 Å². The third-order valence-electron chi connectivity index (χ3n) is 3.91. The molecule has 0 saturated heterocycles. The summed E-state index contributed by atoms with van der Waals surface area (Å²) >= 11 is 11.8. The van der Waals surface area contributed by atoms with Gasteiger partial charge in [-0.05, 0) is 55.4 Å². The number of sulfonamides is 2. The molecule has 0 aromatic heterocycles. The van der Waals surface area contributed by atoms with Crippen molar-refractivity contribution < 1.29 is 16.8 Å². The van der Waals surface area contributed by atoms with Crippen molar-refractivity contribution in [3.05, 3.63) is 52.0 Å². The first-order chi connectivity index (χ1) is 11.6. The monoisotopic (exact) mass is 420 g/mol. The van der Waals surface area contributed by atoms with Gasteiger partial charge in [0, 0.05) is 16.6 Å². The second kappa shape index (κ2) is 6.44. The Balaban J connectivity index is 2.05. The van der Waals surface area contributed by atoms with Crippen LogP contribution in [0.3, 0.4) is 0 Å². The second-order valence-electron chi connectivity index (χ2n) is 5.43. The number of anilines is 1. The minimum Gasteiger partial charge on any atom is -0.266 e. The van der Waals surface area contributed by atoms with Crippen molar-refractivity contribution in [3.8, 4) is 0 Å². The number of hydrogen-bond donors (Lipinski definition) is 1. The lowest BCUT2D eigenvalue weighted by Gasteiger charge is -2.20. The smallest absolute Gasteiger partial charge is 0.264 e. The van der Waals surface area contributed by atoms with E-state index in [2.05, 4.69) is 4.72 Å². The fourth-order valence-corrected chi connectivity index (χ4v) is 5.70. The van der Waals surface area contributed by atoms with Gasteiger partial charge in [0.25, 0.3) is 10.0 Å². The number of rotatable bonds is 4. The van der Waals surface area contributed by atoms with Gasteiger partial charge in [-0.2, -0.15) is 0 Å². The molecule has 1 heterocycles. The molecular formula is C15H14Cl2N2O4S2. The molecule has 1 aliphatic heterocycles. The molecule has 0 amide bonds. The maximum Gasteiger partial charge on any atom is 0.264 e. The fraction of sp³-hybridized carbons (Fsp3) is 0.200. The Kier molecular flexibility index (Phi) is 4.76. The quantitative estimate of drug-likeness (QED) is 0.823. The number of nitrogens with one attached hydrogen (secondary N) is 1. The molecule has 25 heavy (non-hydrogen) atoms. The largest absolute Gasteiger partial charge is 0.266 e. The highest BCUT2D eigenvalue weighted by molar-refractivity contribution is 7.93. The van der Waals surface area contributed by atoms with Crippen molar-refractivity contribution in [3.63, 3.8) is 0 Å². The van der Waals surface area contributed by atoms with Gasteiger partial charge in [0.1, 0.15) is 0 Å². The molecule has 134 valence electrons. The Bertz CT molecular complexity index is 1030. The van der Waals surface area contributed by atoms with Crippen LogP contribution >= 0.6 is 23.2 Å². The topological polar surface area (TPSA) is 83.6 Å². The van der Waals surface area contributed by atoms with Gasteiger partial charge in [0.2, 0.25) is 10.0 Å². The van der Waals surface area contributed by atoms with E-state index in [1.165, 1.54) is 47.8 Å². The van der Waals surface area contributed by atoms with Crippen LogP contribution in [0, 0.1) is 0 Å². The maximum atomic E-state index is 12.9. The Labute approximate surface area is 156 Å². The van der Waals surface area contributed by atoms with E-state index >= 15 is 0 Å². The Hall–Kier alpha value is -1.32. The molecule has 0 fully saturated rings. The average Bonchev–Trinajstić information content (AvgIpc) is 2.97. The van der Waals surface area contributed by atoms with Gasteiger partial charge in [0.15, 0.2) is 0 Å². The van der Waals surface area contributed by atoms with E-state index in [0.717, 1.165) is 0 Å². The maximum absolute atomic E-state index is 12.9.